The van der Waals surface area contributed by atoms with E-state index in [1.165, 1.54) is 0 Å². The van der Waals surface area contributed by atoms with Crippen LogP contribution in [0.2, 0.25) is 0 Å². The fourth-order valence-electron chi connectivity index (χ4n) is 4.20. The first-order chi connectivity index (χ1) is 12.5. The third kappa shape index (κ3) is 2.61. The van der Waals surface area contributed by atoms with Crippen LogP contribution in [0.5, 0.6) is 0 Å². The van der Waals surface area contributed by atoms with Crippen LogP contribution in [0.1, 0.15) is 24.8 Å². The number of nitrogens with one attached hydrogen (secondary N) is 1. The first-order valence-electron chi connectivity index (χ1n) is 8.76. The Hall–Kier alpha value is -2.90. The number of urea groups is 1. The Morgan fingerprint density at radius 1 is 1.35 bits per heavy atom. The average Bonchev–Trinajstić information content (AvgIpc) is 3.28. The molecule has 136 valence electrons. The van der Waals surface area contributed by atoms with Gasteiger partial charge in [-0.2, -0.15) is 9.78 Å². The molecule has 2 N–H and O–H groups in total. The van der Waals surface area contributed by atoms with Crippen molar-refractivity contribution in [3.8, 4) is 5.82 Å². The highest BCUT2D eigenvalue weighted by Gasteiger charge is 2.55. The number of carboxylic acid groups (broad SMARTS) is 1. The van der Waals surface area contributed by atoms with Crippen molar-refractivity contribution >= 4 is 17.8 Å². The van der Waals surface area contributed by atoms with Crippen molar-refractivity contribution in [2.45, 2.75) is 26.2 Å². The van der Waals surface area contributed by atoms with Crippen LogP contribution >= 0.6 is 0 Å². The Bertz CT molecular complexity index is 864. The molecule has 2 amide bonds. The minimum atomic E-state index is -0.788. The van der Waals surface area contributed by atoms with Gasteiger partial charge in [-0.25, -0.2) is 9.78 Å². The van der Waals surface area contributed by atoms with E-state index in [9.17, 15) is 14.7 Å². The molecule has 0 radical (unpaired) electrons. The van der Waals surface area contributed by atoms with Gasteiger partial charge < -0.3 is 10.0 Å². The third-order valence-electron chi connectivity index (χ3n) is 5.58. The molecule has 1 saturated heterocycles. The summed E-state index contributed by atoms with van der Waals surface area (Å²) >= 11 is 0. The Kier molecular flexibility index (Phi) is 3.90. The number of likely N-dealkylation sites (tertiary alicyclic amines) is 1. The average molecular weight is 355 g/mol. The van der Waals surface area contributed by atoms with Gasteiger partial charge in [-0.15, -0.1) is 0 Å². The van der Waals surface area contributed by atoms with Gasteiger partial charge in [0.15, 0.2) is 5.82 Å². The lowest BCUT2D eigenvalue weighted by molar-refractivity contribution is -0.149. The summed E-state index contributed by atoms with van der Waals surface area (Å²) in [5.74, 6) is 0.374. The summed E-state index contributed by atoms with van der Waals surface area (Å²) in [6, 6.07) is 5.17. The molecule has 2 atom stereocenters. The Balaban J connectivity index is 1.52. The van der Waals surface area contributed by atoms with E-state index in [0.29, 0.717) is 24.6 Å². The molecule has 3 heterocycles. The second-order valence-corrected chi connectivity index (χ2v) is 7.18. The minimum Gasteiger partial charge on any atom is -0.481 e. The molecule has 2 fully saturated rings. The Morgan fingerprint density at radius 2 is 2.19 bits per heavy atom. The Morgan fingerprint density at radius 3 is 2.92 bits per heavy atom. The molecule has 1 saturated carbocycles. The number of carboxylic acids is 1. The van der Waals surface area contributed by atoms with Crippen molar-refractivity contribution in [3.63, 3.8) is 0 Å². The number of fused-ring (bicyclic) bond motifs is 1. The first-order valence-corrected chi connectivity index (χ1v) is 8.76. The lowest BCUT2D eigenvalue weighted by atomic mass is 9.81. The second kappa shape index (κ2) is 6.12. The van der Waals surface area contributed by atoms with Gasteiger partial charge in [0.05, 0.1) is 11.6 Å². The van der Waals surface area contributed by atoms with Crippen molar-refractivity contribution in [3.05, 3.63) is 36.2 Å². The maximum Gasteiger partial charge on any atom is 0.323 e. The molecular formula is C18H21N5O3. The lowest BCUT2D eigenvalue weighted by Crippen LogP contribution is -2.39. The molecule has 4 rings (SSSR count). The number of nitrogens with zero attached hydrogens (tertiary/aromatic N) is 4. The summed E-state index contributed by atoms with van der Waals surface area (Å²) < 4.78 is 1.56. The van der Waals surface area contributed by atoms with Crippen LogP contribution < -0.4 is 5.32 Å². The number of aromatic nitrogens is 3. The normalized spacial score (nSPS) is 24.5. The summed E-state index contributed by atoms with van der Waals surface area (Å²) in [6.07, 6.45) is 5.70. The molecule has 0 unspecified atom stereocenters. The smallest absolute Gasteiger partial charge is 0.323 e. The van der Waals surface area contributed by atoms with Gasteiger partial charge in [0.25, 0.3) is 0 Å². The van der Waals surface area contributed by atoms with Crippen molar-refractivity contribution in [1.29, 1.82) is 0 Å². The second-order valence-electron chi connectivity index (χ2n) is 7.18. The molecule has 8 nitrogen and oxygen atoms in total. The highest BCUT2D eigenvalue weighted by molar-refractivity contribution is 5.90. The molecule has 1 aliphatic heterocycles. The first kappa shape index (κ1) is 16.6. The van der Waals surface area contributed by atoms with E-state index in [-0.39, 0.29) is 18.5 Å². The molecule has 2 aromatic heterocycles. The standard InChI is InChI=1S/C18H21N5O3/c1-12-4-7-19-15(9-12)23-14(5-8-20-23)21-17(26)22-10-13-3-2-6-18(13,11-22)16(24)25/h4-5,7-9,13H,2-3,6,10-11H2,1H3,(H,21,26)(H,24,25)/t13-,18+/m0/s1. The van der Waals surface area contributed by atoms with E-state index in [1.807, 2.05) is 19.1 Å². The molecule has 8 heteroatoms. The lowest BCUT2D eigenvalue weighted by Gasteiger charge is -2.23. The van der Waals surface area contributed by atoms with Crippen molar-refractivity contribution < 1.29 is 14.7 Å². The summed E-state index contributed by atoms with van der Waals surface area (Å²) in [7, 11) is 0. The highest BCUT2D eigenvalue weighted by atomic mass is 16.4. The van der Waals surface area contributed by atoms with Gasteiger partial charge >= 0.3 is 12.0 Å². The Labute approximate surface area is 150 Å². The molecule has 0 bridgehead atoms. The van der Waals surface area contributed by atoms with Gasteiger partial charge in [0.2, 0.25) is 0 Å². The molecular weight excluding hydrogens is 334 g/mol. The van der Waals surface area contributed by atoms with Crippen LogP contribution in [0.25, 0.3) is 5.82 Å². The van der Waals surface area contributed by atoms with Crippen molar-refractivity contribution in [2.24, 2.45) is 11.3 Å². The van der Waals surface area contributed by atoms with E-state index in [1.54, 1.807) is 28.0 Å². The number of aliphatic carboxylic acids is 1. The van der Waals surface area contributed by atoms with Gasteiger partial charge in [-0.1, -0.05) is 6.42 Å². The topological polar surface area (TPSA) is 100 Å². The fourth-order valence-corrected chi connectivity index (χ4v) is 4.20. The van der Waals surface area contributed by atoms with E-state index in [0.717, 1.165) is 18.4 Å². The molecule has 0 spiro atoms. The summed E-state index contributed by atoms with van der Waals surface area (Å²) in [5, 5.41) is 16.8. The number of carbonyl (C=O) groups excluding carboxylic acids is 1. The number of carbonyl (C=O) groups is 2. The predicted octanol–water partition coefficient (Wildman–Crippen LogP) is 2.29. The number of aryl methyl sites for hydroxylation is 1. The van der Waals surface area contributed by atoms with Crippen molar-refractivity contribution in [1.82, 2.24) is 19.7 Å². The molecule has 26 heavy (non-hydrogen) atoms. The zero-order chi connectivity index (χ0) is 18.3. The van der Waals surface area contributed by atoms with E-state index in [2.05, 4.69) is 15.4 Å². The largest absolute Gasteiger partial charge is 0.481 e. The number of anilines is 1. The van der Waals surface area contributed by atoms with Gasteiger partial charge in [0.1, 0.15) is 5.82 Å². The van der Waals surface area contributed by atoms with Crippen LogP contribution in [0.4, 0.5) is 10.6 Å². The quantitative estimate of drug-likeness (QED) is 0.880. The number of amides is 2. The molecule has 2 aromatic rings. The zero-order valence-corrected chi connectivity index (χ0v) is 14.6. The van der Waals surface area contributed by atoms with Gasteiger partial charge in [-0.05, 0) is 43.4 Å². The monoisotopic (exact) mass is 355 g/mol. The van der Waals surface area contributed by atoms with Crippen LogP contribution in [0, 0.1) is 18.3 Å². The molecule has 0 aromatic carbocycles. The SMILES string of the molecule is Cc1ccnc(-n2nccc2NC(=O)N2C[C@@H]3CCC[C@@]3(C(=O)O)C2)c1. The van der Waals surface area contributed by atoms with E-state index in [4.69, 9.17) is 0 Å². The number of pyridine rings is 1. The van der Waals surface area contributed by atoms with Crippen molar-refractivity contribution in [2.75, 3.05) is 18.4 Å². The van der Waals surface area contributed by atoms with Crippen LogP contribution in [0.15, 0.2) is 30.6 Å². The number of rotatable bonds is 3. The molecule has 1 aliphatic carbocycles. The maximum absolute atomic E-state index is 12.7. The number of hydrogen-bond acceptors (Lipinski definition) is 4. The zero-order valence-electron chi connectivity index (χ0n) is 14.6. The summed E-state index contributed by atoms with van der Waals surface area (Å²) in [4.78, 5) is 30.4. The molecule has 2 aliphatic rings. The summed E-state index contributed by atoms with van der Waals surface area (Å²) in [6.45, 7) is 2.70. The highest BCUT2D eigenvalue weighted by Crippen LogP contribution is 2.48. The third-order valence-corrected chi connectivity index (χ3v) is 5.58. The van der Waals surface area contributed by atoms with Gasteiger partial charge in [-0.3, -0.25) is 10.1 Å². The predicted molar refractivity (Wildman–Crippen MR) is 94.1 cm³/mol. The number of hydrogen-bond donors (Lipinski definition) is 2. The van der Waals surface area contributed by atoms with Gasteiger partial charge in [0, 0.05) is 25.4 Å². The van der Waals surface area contributed by atoms with E-state index >= 15 is 0 Å². The fraction of sp³-hybridized carbons (Fsp3) is 0.444. The van der Waals surface area contributed by atoms with Crippen LogP contribution in [-0.2, 0) is 4.79 Å². The van der Waals surface area contributed by atoms with Crippen LogP contribution in [-0.4, -0.2) is 49.9 Å². The maximum atomic E-state index is 12.7. The van der Waals surface area contributed by atoms with Crippen LogP contribution in [0.3, 0.4) is 0 Å². The summed E-state index contributed by atoms with van der Waals surface area (Å²) in [5.41, 5.74) is 0.258. The minimum absolute atomic E-state index is 0.0362. The van der Waals surface area contributed by atoms with E-state index < -0.39 is 11.4 Å².